The Balaban J connectivity index is 2.34. The maximum atomic E-state index is 13.6. The number of rotatable bonds is 1. The van der Waals surface area contributed by atoms with Gasteiger partial charge in [-0.1, -0.05) is 18.0 Å². The Labute approximate surface area is 131 Å². The van der Waals surface area contributed by atoms with E-state index >= 15 is 0 Å². The number of alkyl halides is 3. The number of hydrogen-bond acceptors (Lipinski definition) is 2. The first-order chi connectivity index (χ1) is 9.20. The minimum atomic E-state index is -4.86. The van der Waals surface area contributed by atoms with E-state index in [1.807, 2.05) is 22.6 Å². The molecule has 0 amide bonds. The highest BCUT2D eigenvalue weighted by molar-refractivity contribution is 14.1. The van der Waals surface area contributed by atoms with Crippen molar-refractivity contribution in [2.45, 2.75) is 37.1 Å². The first kappa shape index (κ1) is 14.9. The quantitative estimate of drug-likeness (QED) is 0.684. The van der Waals surface area contributed by atoms with Crippen molar-refractivity contribution in [2.24, 2.45) is 5.41 Å². The van der Waals surface area contributed by atoms with Crippen molar-refractivity contribution in [3.8, 4) is 0 Å². The Morgan fingerprint density at radius 2 is 2.15 bits per heavy atom. The lowest BCUT2D eigenvalue weighted by Gasteiger charge is -2.41. The smallest absolute Gasteiger partial charge is 0.396 e. The number of nitrogens with zero attached hydrogens (tertiary/aromatic N) is 1. The number of aliphatic hydroxyl groups excluding tert-OH is 1. The summed E-state index contributed by atoms with van der Waals surface area (Å²) < 4.78 is 42.8. The molecule has 3 nitrogen and oxygen atoms in total. The van der Waals surface area contributed by atoms with E-state index in [4.69, 9.17) is 11.6 Å². The summed E-state index contributed by atoms with van der Waals surface area (Å²) >= 11 is 7.82. The van der Waals surface area contributed by atoms with Gasteiger partial charge in [-0.15, -0.1) is 0 Å². The summed E-state index contributed by atoms with van der Waals surface area (Å²) in [4.78, 5) is 0. The predicted molar refractivity (Wildman–Crippen MR) is 74.5 cm³/mol. The Morgan fingerprint density at radius 1 is 1.50 bits per heavy atom. The van der Waals surface area contributed by atoms with Crippen LogP contribution in [-0.4, -0.2) is 27.6 Å². The van der Waals surface area contributed by atoms with Gasteiger partial charge < -0.3 is 14.8 Å². The van der Waals surface area contributed by atoms with Crippen LogP contribution in [0.1, 0.15) is 31.0 Å². The van der Waals surface area contributed by atoms with Gasteiger partial charge in [0.15, 0.2) is 0 Å². The van der Waals surface area contributed by atoms with E-state index in [0.29, 0.717) is 16.5 Å². The SMILES string of the molecule is OC[C@]12CCC[C@H]1n1c(cc(Cl)c1I)[C@@]2(O)C(F)(F)F. The van der Waals surface area contributed by atoms with Gasteiger partial charge in [0.05, 0.1) is 26.4 Å². The van der Waals surface area contributed by atoms with Crippen molar-refractivity contribution in [3.05, 3.63) is 20.5 Å². The van der Waals surface area contributed by atoms with Crippen molar-refractivity contribution in [1.29, 1.82) is 0 Å². The largest absolute Gasteiger partial charge is 0.423 e. The second kappa shape index (κ2) is 4.27. The molecule has 2 aliphatic rings. The molecule has 8 heteroatoms. The zero-order chi connectivity index (χ0) is 14.9. The van der Waals surface area contributed by atoms with Crippen LogP contribution in [0.15, 0.2) is 6.07 Å². The van der Waals surface area contributed by atoms with Crippen LogP contribution >= 0.6 is 34.2 Å². The van der Waals surface area contributed by atoms with Crippen molar-refractivity contribution >= 4 is 34.2 Å². The molecule has 0 saturated heterocycles. The van der Waals surface area contributed by atoms with Crippen LogP contribution in [0.25, 0.3) is 0 Å². The molecular weight excluding hydrogens is 409 g/mol. The van der Waals surface area contributed by atoms with E-state index in [9.17, 15) is 23.4 Å². The minimum Gasteiger partial charge on any atom is -0.396 e. The lowest BCUT2D eigenvalue weighted by atomic mass is 9.69. The Hall–Kier alpha value is 0.01000. The highest BCUT2D eigenvalue weighted by atomic mass is 127. The topological polar surface area (TPSA) is 45.4 Å². The number of halogens is 5. The van der Waals surface area contributed by atoms with E-state index in [-0.39, 0.29) is 17.1 Å². The molecule has 1 fully saturated rings. The van der Waals surface area contributed by atoms with Gasteiger partial charge in [0.25, 0.3) is 0 Å². The predicted octanol–water partition coefficient (Wildman–Crippen LogP) is 3.21. The molecule has 2 heterocycles. The van der Waals surface area contributed by atoms with Crippen molar-refractivity contribution in [1.82, 2.24) is 4.57 Å². The molecule has 20 heavy (non-hydrogen) atoms. The Bertz CT molecular complexity index is 576. The molecule has 2 N–H and O–H groups in total. The average Bonchev–Trinajstić information content (AvgIpc) is 2.95. The lowest BCUT2D eigenvalue weighted by molar-refractivity contribution is -0.311. The fourth-order valence-electron chi connectivity index (χ4n) is 3.89. The summed E-state index contributed by atoms with van der Waals surface area (Å²) in [6.07, 6.45) is -3.70. The standard InChI is InChI=1S/C12H12ClF3INO2/c13-6-4-8-11(20,12(14,15)16)10(5-19)3-1-2-7(10)18(8)9(6)17/h4,7,19-20H,1-3,5H2/t7-,10-,11+/m1/s1. The summed E-state index contributed by atoms with van der Waals surface area (Å²) in [5.41, 5.74) is -4.91. The van der Waals surface area contributed by atoms with Crippen LogP contribution in [0.2, 0.25) is 5.02 Å². The molecular formula is C12H12ClF3INO2. The van der Waals surface area contributed by atoms with E-state index in [1.54, 1.807) is 0 Å². The zero-order valence-corrected chi connectivity index (χ0v) is 13.1. The van der Waals surface area contributed by atoms with Crippen LogP contribution in [-0.2, 0) is 5.60 Å². The van der Waals surface area contributed by atoms with Crippen LogP contribution < -0.4 is 0 Å². The minimum absolute atomic E-state index is 0.138. The molecule has 1 aliphatic carbocycles. The van der Waals surface area contributed by atoms with E-state index in [0.717, 1.165) is 0 Å². The highest BCUT2D eigenvalue weighted by Crippen LogP contribution is 2.67. The molecule has 0 bridgehead atoms. The van der Waals surface area contributed by atoms with Gasteiger partial charge >= 0.3 is 6.18 Å². The molecule has 0 spiro atoms. The first-order valence-electron chi connectivity index (χ1n) is 6.17. The summed E-state index contributed by atoms with van der Waals surface area (Å²) in [6, 6.07) is 0.598. The first-order valence-corrected chi connectivity index (χ1v) is 7.63. The molecule has 0 aromatic carbocycles. The van der Waals surface area contributed by atoms with E-state index in [1.165, 1.54) is 10.6 Å². The van der Waals surface area contributed by atoms with Crippen LogP contribution in [0.5, 0.6) is 0 Å². The molecule has 1 aromatic rings. The summed E-state index contributed by atoms with van der Waals surface area (Å²) in [5, 5.41) is 20.4. The normalized spacial score (nSPS) is 36.2. The second-order valence-corrected chi connectivity index (χ2v) is 6.90. The third-order valence-electron chi connectivity index (χ3n) is 4.77. The molecule has 0 radical (unpaired) electrons. The van der Waals surface area contributed by atoms with Crippen molar-refractivity contribution < 1.29 is 23.4 Å². The second-order valence-electron chi connectivity index (χ2n) is 5.47. The Kier molecular flexibility index (Phi) is 3.19. The van der Waals surface area contributed by atoms with Gasteiger partial charge in [-0.25, -0.2) is 0 Å². The maximum Gasteiger partial charge on any atom is 0.423 e. The molecule has 1 aliphatic heterocycles. The summed E-state index contributed by atoms with van der Waals surface area (Å²) in [5.74, 6) is 0. The van der Waals surface area contributed by atoms with Gasteiger partial charge in [-0.2, -0.15) is 13.2 Å². The fraction of sp³-hybridized carbons (Fsp3) is 0.667. The van der Waals surface area contributed by atoms with Crippen LogP contribution in [0.3, 0.4) is 0 Å². The fourth-order valence-corrected chi connectivity index (χ4v) is 4.83. The van der Waals surface area contributed by atoms with Crippen LogP contribution in [0.4, 0.5) is 13.2 Å². The third kappa shape index (κ3) is 1.45. The molecule has 0 unspecified atom stereocenters. The lowest BCUT2D eigenvalue weighted by Crippen LogP contribution is -2.55. The van der Waals surface area contributed by atoms with E-state index in [2.05, 4.69) is 0 Å². The third-order valence-corrected chi connectivity index (χ3v) is 6.47. The van der Waals surface area contributed by atoms with Gasteiger partial charge in [-0.3, -0.25) is 0 Å². The number of aliphatic hydroxyl groups is 2. The van der Waals surface area contributed by atoms with Gasteiger partial charge in [-0.05, 0) is 41.5 Å². The molecule has 3 atom stereocenters. The van der Waals surface area contributed by atoms with Gasteiger partial charge in [0.2, 0.25) is 5.60 Å². The van der Waals surface area contributed by atoms with Gasteiger partial charge in [0.1, 0.15) is 0 Å². The summed E-state index contributed by atoms with van der Waals surface area (Å²) in [6.45, 7) is -0.705. The van der Waals surface area contributed by atoms with Crippen LogP contribution in [0, 0.1) is 9.12 Å². The average molecular weight is 422 g/mol. The highest BCUT2D eigenvalue weighted by Gasteiger charge is 2.75. The number of hydrogen-bond donors (Lipinski definition) is 2. The number of aromatic nitrogens is 1. The molecule has 112 valence electrons. The van der Waals surface area contributed by atoms with E-state index < -0.39 is 29.8 Å². The molecule has 3 rings (SSSR count). The zero-order valence-electron chi connectivity index (χ0n) is 10.2. The maximum absolute atomic E-state index is 13.6. The number of fused-ring (bicyclic) bond motifs is 3. The van der Waals surface area contributed by atoms with Gasteiger partial charge in [0, 0.05) is 6.04 Å². The monoisotopic (exact) mass is 421 g/mol. The van der Waals surface area contributed by atoms with Crippen molar-refractivity contribution in [3.63, 3.8) is 0 Å². The molecule has 1 saturated carbocycles. The Morgan fingerprint density at radius 3 is 2.70 bits per heavy atom. The van der Waals surface area contributed by atoms with Crippen molar-refractivity contribution in [2.75, 3.05) is 6.61 Å². The molecule has 1 aromatic heterocycles. The summed E-state index contributed by atoms with van der Waals surface area (Å²) in [7, 11) is 0.